The van der Waals surface area contributed by atoms with Crippen molar-refractivity contribution in [3.8, 4) is 0 Å². The lowest BCUT2D eigenvalue weighted by atomic mass is 10.1. The number of thiophene rings is 1. The van der Waals surface area contributed by atoms with E-state index < -0.39 is 5.97 Å². The fourth-order valence-corrected chi connectivity index (χ4v) is 3.51. The topological polar surface area (TPSA) is 75.1 Å². The molecular weight excluding hydrogens is 310 g/mol. The molecule has 6 heteroatoms. The van der Waals surface area contributed by atoms with Gasteiger partial charge in [0.1, 0.15) is 16.5 Å². The fourth-order valence-electron chi connectivity index (χ4n) is 2.44. The van der Waals surface area contributed by atoms with Gasteiger partial charge in [-0.3, -0.25) is 0 Å². The Bertz CT molecular complexity index is 885. The van der Waals surface area contributed by atoms with Gasteiger partial charge in [0.15, 0.2) is 0 Å². The number of carboxylic acid groups (broad SMARTS) is 1. The number of aromatic carboxylic acids is 1. The van der Waals surface area contributed by atoms with Crippen LogP contribution < -0.4 is 5.32 Å². The zero-order valence-corrected chi connectivity index (χ0v) is 14.0. The van der Waals surface area contributed by atoms with Gasteiger partial charge in [0, 0.05) is 11.4 Å². The zero-order valence-electron chi connectivity index (χ0n) is 13.2. The number of nitrogens with one attached hydrogen (secondary N) is 1. The van der Waals surface area contributed by atoms with Crippen LogP contribution >= 0.6 is 11.3 Å². The third-order valence-electron chi connectivity index (χ3n) is 3.80. The highest BCUT2D eigenvalue weighted by atomic mass is 32.1. The highest BCUT2D eigenvalue weighted by molar-refractivity contribution is 7.18. The Morgan fingerprint density at radius 3 is 2.52 bits per heavy atom. The maximum absolute atomic E-state index is 10.9. The molecule has 2 aromatic heterocycles. The van der Waals surface area contributed by atoms with Gasteiger partial charge < -0.3 is 10.4 Å². The number of carbonyl (C=O) groups is 1. The van der Waals surface area contributed by atoms with E-state index in [1.54, 1.807) is 23.5 Å². The van der Waals surface area contributed by atoms with Crippen molar-refractivity contribution in [2.24, 2.45) is 0 Å². The van der Waals surface area contributed by atoms with E-state index in [0.717, 1.165) is 27.4 Å². The summed E-state index contributed by atoms with van der Waals surface area (Å²) in [5.41, 5.74) is 2.50. The largest absolute Gasteiger partial charge is 0.478 e. The Labute approximate surface area is 138 Å². The minimum Gasteiger partial charge on any atom is -0.478 e. The van der Waals surface area contributed by atoms with E-state index in [2.05, 4.69) is 29.1 Å². The molecule has 1 aromatic carbocycles. The monoisotopic (exact) mass is 327 g/mol. The Morgan fingerprint density at radius 1 is 1.17 bits per heavy atom. The Hall–Kier alpha value is -2.47. The number of nitrogens with zero attached hydrogens (tertiary/aromatic N) is 2. The minimum absolute atomic E-state index is 0.290. The quantitative estimate of drug-likeness (QED) is 0.759. The number of carboxylic acids is 1. The fraction of sp³-hybridized carbons (Fsp3) is 0.235. The van der Waals surface area contributed by atoms with Crippen LogP contribution in [-0.2, 0) is 6.54 Å². The number of hydrogen-bond donors (Lipinski definition) is 2. The van der Waals surface area contributed by atoms with Crippen molar-refractivity contribution in [2.45, 2.75) is 27.3 Å². The smallest absolute Gasteiger partial charge is 0.335 e. The molecule has 0 fully saturated rings. The van der Waals surface area contributed by atoms with Crippen LogP contribution in [0, 0.1) is 20.8 Å². The van der Waals surface area contributed by atoms with Gasteiger partial charge in [-0.25, -0.2) is 14.8 Å². The highest BCUT2D eigenvalue weighted by Gasteiger charge is 2.13. The first-order valence-electron chi connectivity index (χ1n) is 7.26. The second-order valence-corrected chi connectivity index (χ2v) is 6.64. The number of aromatic nitrogens is 2. The molecule has 0 aliphatic rings. The van der Waals surface area contributed by atoms with E-state index in [-0.39, 0.29) is 0 Å². The van der Waals surface area contributed by atoms with Crippen LogP contribution in [0.3, 0.4) is 0 Å². The van der Waals surface area contributed by atoms with Crippen molar-refractivity contribution >= 4 is 33.3 Å². The second kappa shape index (κ2) is 5.96. The normalized spacial score (nSPS) is 10.9. The molecule has 0 bridgehead atoms. The van der Waals surface area contributed by atoms with Crippen molar-refractivity contribution < 1.29 is 9.90 Å². The maximum Gasteiger partial charge on any atom is 0.335 e. The molecule has 23 heavy (non-hydrogen) atoms. The van der Waals surface area contributed by atoms with Crippen LogP contribution in [0.15, 0.2) is 24.3 Å². The lowest BCUT2D eigenvalue weighted by Crippen LogP contribution is -2.04. The van der Waals surface area contributed by atoms with Crippen molar-refractivity contribution in [2.75, 3.05) is 5.32 Å². The van der Waals surface area contributed by atoms with Crippen LogP contribution in [0.4, 0.5) is 5.82 Å². The second-order valence-electron chi connectivity index (χ2n) is 5.44. The van der Waals surface area contributed by atoms with E-state index >= 15 is 0 Å². The van der Waals surface area contributed by atoms with Gasteiger partial charge >= 0.3 is 5.97 Å². The molecule has 0 aliphatic carbocycles. The van der Waals surface area contributed by atoms with Gasteiger partial charge in [0.05, 0.1) is 10.9 Å². The maximum atomic E-state index is 10.9. The molecule has 0 saturated carbocycles. The van der Waals surface area contributed by atoms with Crippen molar-refractivity contribution in [3.63, 3.8) is 0 Å². The number of fused-ring (bicyclic) bond motifs is 1. The number of benzene rings is 1. The van der Waals surface area contributed by atoms with E-state index in [1.807, 2.05) is 19.1 Å². The van der Waals surface area contributed by atoms with Crippen LogP contribution in [-0.4, -0.2) is 21.0 Å². The van der Waals surface area contributed by atoms with Crippen LogP contribution in [0.1, 0.15) is 32.2 Å². The summed E-state index contributed by atoms with van der Waals surface area (Å²) in [6.45, 7) is 6.64. The van der Waals surface area contributed by atoms with Crippen molar-refractivity contribution in [3.05, 3.63) is 51.7 Å². The summed E-state index contributed by atoms with van der Waals surface area (Å²) in [6, 6.07) is 6.85. The number of aryl methyl sites for hydroxylation is 3. The first-order chi connectivity index (χ1) is 11.0. The van der Waals surface area contributed by atoms with E-state index in [0.29, 0.717) is 12.1 Å². The third-order valence-corrected chi connectivity index (χ3v) is 4.90. The standard InChI is InChI=1S/C17H17N3O2S/c1-9-10(2)23-16-14(9)15(19-11(3)20-16)18-8-12-4-6-13(7-5-12)17(21)22/h4-7H,8H2,1-3H3,(H,21,22)(H,18,19,20). The summed E-state index contributed by atoms with van der Waals surface area (Å²) in [5.74, 6) is 0.654. The Kier molecular flexibility index (Phi) is 4.00. The molecule has 0 unspecified atom stereocenters. The molecule has 0 atom stereocenters. The van der Waals surface area contributed by atoms with E-state index in [4.69, 9.17) is 5.11 Å². The zero-order chi connectivity index (χ0) is 16.6. The Balaban J connectivity index is 1.88. The van der Waals surface area contributed by atoms with Gasteiger partial charge in [-0.05, 0) is 44.0 Å². The lowest BCUT2D eigenvalue weighted by Gasteiger charge is -2.09. The summed E-state index contributed by atoms with van der Waals surface area (Å²) in [5, 5.41) is 13.4. The predicted octanol–water partition coefficient (Wildman–Crippen LogP) is 3.93. The summed E-state index contributed by atoms with van der Waals surface area (Å²) in [6.07, 6.45) is 0. The molecule has 2 N–H and O–H groups in total. The van der Waals surface area contributed by atoms with Crippen LogP contribution in [0.2, 0.25) is 0 Å². The molecule has 0 saturated heterocycles. The molecular formula is C17H17N3O2S. The number of hydrogen-bond acceptors (Lipinski definition) is 5. The van der Waals surface area contributed by atoms with Gasteiger partial charge in [0.25, 0.3) is 0 Å². The van der Waals surface area contributed by atoms with Gasteiger partial charge in [0.2, 0.25) is 0 Å². The van der Waals surface area contributed by atoms with Crippen LogP contribution in [0.5, 0.6) is 0 Å². The van der Waals surface area contributed by atoms with Gasteiger partial charge in [-0.1, -0.05) is 12.1 Å². The Morgan fingerprint density at radius 2 is 1.87 bits per heavy atom. The molecule has 5 nitrogen and oxygen atoms in total. The molecule has 0 aliphatic heterocycles. The summed E-state index contributed by atoms with van der Waals surface area (Å²) in [4.78, 5) is 22.2. The minimum atomic E-state index is -0.915. The summed E-state index contributed by atoms with van der Waals surface area (Å²) < 4.78 is 0. The molecule has 3 aromatic rings. The SMILES string of the molecule is Cc1nc(NCc2ccc(C(=O)O)cc2)c2c(C)c(C)sc2n1. The molecule has 3 rings (SSSR count). The van der Waals surface area contributed by atoms with Crippen molar-refractivity contribution in [1.82, 2.24) is 9.97 Å². The number of anilines is 1. The average Bonchev–Trinajstić information content (AvgIpc) is 2.79. The molecule has 0 spiro atoms. The summed E-state index contributed by atoms with van der Waals surface area (Å²) >= 11 is 1.68. The molecule has 0 amide bonds. The predicted molar refractivity (Wildman–Crippen MR) is 92.4 cm³/mol. The van der Waals surface area contributed by atoms with E-state index in [9.17, 15) is 4.79 Å². The molecule has 0 radical (unpaired) electrons. The highest BCUT2D eigenvalue weighted by Crippen LogP contribution is 2.33. The van der Waals surface area contributed by atoms with Gasteiger partial charge in [-0.15, -0.1) is 11.3 Å². The molecule has 2 heterocycles. The summed E-state index contributed by atoms with van der Waals surface area (Å²) in [7, 11) is 0. The first-order valence-corrected chi connectivity index (χ1v) is 8.08. The third kappa shape index (κ3) is 3.03. The van der Waals surface area contributed by atoms with Crippen molar-refractivity contribution in [1.29, 1.82) is 0 Å². The average molecular weight is 327 g/mol. The van der Waals surface area contributed by atoms with Gasteiger partial charge in [-0.2, -0.15) is 0 Å². The van der Waals surface area contributed by atoms with Crippen LogP contribution in [0.25, 0.3) is 10.2 Å². The molecule has 118 valence electrons. The number of rotatable bonds is 4. The van der Waals surface area contributed by atoms with E-state index in [1.165, 1.54) is 10.4 Å². The first kappa shape index (κ1) is 15.4. The lowest BCUT2D eigenvalue weighted by molar-refractivity contribution is 0.0697.